The molecular weight excluding hydrogens is 451 g/mol. The lowest BCUT2D eigenvalue weighted by molar-refractivity contribution is -0.130. The van der Waals surface area contributed by atoms with Crippen molar-refractivity contribution in [2.75, 3.05) is 7.05 Å². The average molecular weight is 468 g/mol. The number of oxazole rings is 1. The Balaban J connectivity index is 1.59. The predicted octanol–water partition coefficient (Wildman–Crippen LogP) is 6.00. The van der Waals surface area contributed by atoms with Gasteiger partial charge in [0.05, 0.1) is 11.2 Å². The molecule has 0 N–H and O–H groups in total. The van der Waals surface area contributed by atoms with Gasteiger partial charge in [-0.05, 0) is 29.8 Å². The van der Waals surface area contributed by atoms with E-state index < -0.39 is 0 Å². The van der Waals surface area contributed by atoms with Crippen molar-refractivity contribution in [1.29, 1.82) is 0 Å². The standard InChI is InChI=1S/C20H17BrCl2N2O2/c1-25(12-13-4-2-3-5-16(13)21)20(26)9-8-19-24-11-18(27-19)15-7-6-14(22)10-17(15)23/h2-7,10-11H,8-9,12H2,1H3. The molecule has 1 heterocycles. The zero-order valence-corrected chi connectivity index (χ0v) is 17.7. The highest BCUT2D eigenvalue weighted by molar-refractivity contribution is 9.10. The Morgan fingerprint density at radius 3 is 2.74 bits per heavy atom. The van der Waals surface area contributed by atoms with Gasteiger partial charge in [0.15, 0.2) is 11.7 Å². The van der Waals surface area contributed by atoms with Crippen molar-refractivity contribution in [3.63, 3.8) is 0 Å². The molecule has 0 aliphatic heterocycles. The van der Waals surface area contributed by atoms with E-state index in [1.165, 1.54) is 0 Å². The van der Waals surface area contributed by atoms with E-state index in [2.05, 4.69) is 20.9 Å². The SMILES string of the molecule is CN(Cc1ccccc1Br)C(=O)CCc1ncc(-c2ccc(Cl)cc2Cl)o1. The number of carbonyl (C=O) groups excluding carboxylic acids is 1. The van der Waals surface area contributed by atoms with Crippen molar-refractivity contribution in [3.8, 4) is 11.3 Å². The lowest BCUT2D eigenvalue weighted by atomic mass is 10.2. The number of hydrogen-bond acceptors (Lipinski definition) is 3. The van der Waals surface area contributed by atoms with Crippen LogP contribution in [-0.2, 0) is 17.8 Å². The second-order valence-electron chi connectivity index (χ2n) is 6.08. The Labute approximate surface area is 176 Å². The molecule has 0 spiro atoms. The summed E-state index contributed by atoms with van der Waals surface area (Å²) in [5, 5.41) is 1.05. The summed E-state index contributed by atoms with van der Waals surface area (Å²) < 4.78 is 6.73. The highest BCUT2D eigenvalue weighted by atomic mass is 79.9. The number of benzene rings is 2. The van der Waals surface area contributed by atoms with Gasteiger partial charge in [0.1, 0.15) is 0 Å². The lowest BCUT2D eigenvalue weighted by Gasteiger charge is -2.17. The minimum Gasteiger partial charge on any atom is -0.441 e. The Morgan fingerprint density at radius 1 is 1.22 bits per heavy atom. The van der Waals surface area contributed by atoms with E-state index in [-0.39, 0.29) is 5.91 Å². The third kappa shape index (κ3) is 5.12. The molecule has 1 aromatic heterocycles. The molecule has 0 aliphatic rings. The third-order valence-corrected chi connectivity index (χ3v) is 5.42. The van der Waals surface area contributed by atoms with Crippen molar-refractivity contribution < 1.29 is 9.21 Å². The molecule has 2 aromatic carbocycles. The number of carbonyl (C=O) groups is 1. The Kier molecular flexibility index (Phi) is 6.58. The minimum absolute atomic E-state index is 0.0232. The monoisotopic (exact) mass is 466 g/mol. The van der Waals surface area contributed by atoms with Crippen LogP contribution in [0.3, 0.4) is 0 Å². The molecule has 0 bridgehead atoms. The smallest absolute Gasteiger partial charge is 0.223 e. The molecule has 7 heteroatoms. The van der Waals surface area contributed by atoms with Gasteiger partial charge in [-0.25, -0.2) is 4.98 Å². The van der Waals surface area contributed by atoms with E-state index in [9.17, 15) is 4.79 Å². The molecule has 4 nitrogen and oxygen atoms in total. The summed E-state index contributed by atoms with van der Waals surface area (Å²) in [6.07, 6.45) is 2.35. The average Bonchev–Trinajstić information content (AvgIpc) is 3.10. The van der Waals surface area contributed by atoms with Crippen molar-refractivity contribution in [1.82, 2.24) is 9.88 Å². The van der Waals surface area contributed by atoms with Crippen LogP contribution in [0.15, 0.2) is 57.6 Å². The summed E-state index contributed by atoms with van der Waals surface area (Å²) in [4.78, 5) is 18.3. The van der Waals surface area contributed by atoms with E-state index in [0.717, 1.165) is 15.6 Å². The predicted molar refractivity (Wildman–Crippen MR) is 111 cm³/mol. The van der Waals surface area contributed by atoms with Gasteiger partial charge in [0.2, 0.25) is 5.91 Å². The number of halogens is 3. The maximum absolute atomic E-state index is 12.4. The third-order valence-electron chi connectivity index (χ3n) is 4.09. The zero-order valence-electron chi connectivity index (χ0n) is 14.6. The van der Waals surface area contributed by atoms with Crippen LogP contribution in [0.2, 0.25) is 10.0 Å². The zero-order chi connectivity index (χ0) is 19.4. The van der Waals surface area contributed by atoms with Gasteiger partial charge >= 0.3 is 0 Å². The molecule has 3 rings (SSSR count). The van der Waals surface area contributed by atoms with Gasteiger partial charge in [-0.2, -0.15) is 0 Å². The number of rotatable bonds is 6. The number of hydrogen-bond donors (Lipinski definition) is 0. The van der Waals surface area contributed by atoms with E-state index in [1.807, 2.05) is 24.3 Å². The fraction of sp³-hybridized carbons (Fsp3) is 0.200. The molecule has 3 aromatic rings. The van der Waals surface area contributed by atoms with Gasteiger partial charge in [-0.3, -0.25) is 4.79 Å². The molecule has 0 saturated heterocycles. The first-order valence-corrected chi connectivity index (χ1v) is 9.86. The molecule has 0 aliphatic carbocycles. The lowest BCUT2D eigenvalue weighted by Crippen LogP contribution is -2.26. The van der Waals surface area contributed by atoms with Gasteiger partial charge in [0, 0.05) is 41.5 Å². The maximum atomic E-state index is 12.4. The van der Waals surface area contributed by atoms with Crippen LogP contribution in [0.1, 0.15) is 17.9 Å². The number of aromatic nitrogens is 1. The number of aryl methyl sites for hydroxylation is 1. The summed E-state index contributed by atoms with van der Waals surface area (Å²) in [7, 11) is 1.79. The molecule has 0 fully saturated rings. The van der Waals surface area contributed by atoms with Crippen LogP contribution in [-0.4, -0.2) is 22.8 Å². The van der Waals surface area contributed by atoms with Gasteiger partial charge in [-0.1, -0.05) is 57.3 Å². The van der Waals surface area contributed by atoms with Gasteiger partial charge in [-0.15, -0.1) is 0 Å². The summed E-state index contributed by atoms with van der Waals surface area (Å²) in [5.41, 5.74) is 1.78. The minimum atomic E-state index is 0.0232. The van der Waals surface area contributed by atoms with Crippen molar-refractivity contribution >= 4 is 45.0 Å². The molecule has 27 heavy (non-hydrogen) atoms. The molecule has 1 amide bonds. The van der Waals surface area contributed by atoms with Crippen LogP contribution in [0.5, 0.6) is 0 Å². The molecule has 0 atom stereocenters. The first-order valence-electron chi connectivity index (χ1n) is 8.31. The fourth-order valence-corrected chi connectivity index (χ4v) is 3.53. The molecule has 140 valence electrons. The quantitative estimate of drug-likeness (QED) is 0.446. The van der Waals surface area contributed by atoms with Crippen molar-refractivity contribution in [2.24, 2.45) is 0 Å². The Bertz CT molecular complexity index is 959. The normalized spacial score (nSPS) is 10.8. The largest absolute Gasteiger partial charge is 0.441 e. The first kappa shape index (κ1) is 19.9. The van der Waals surface area contributed by atoms with E-state index in [0.29, 0.717) is 41.1 Å². The van der Waals surface area contributed by atoms with E-state index in [1.54, 1.807) is 36.3 Å². The fourth-order valence-electron chi connectivity index (χ4n) is 2.61. The van der Waals surface area contributed by atoms with Gasteiger partial charge < -0.3 is 9.32 Å². The van der Waals surface area contributed by atoms with Gasteiger partial charge in [0.25, 0.3) is 0 Å². The highest BCUT2D eigenvalue weighted by Gasteiger charge is 2.14. The first-order chi connectivity index (χ1) is 12.9. The summed E-state index contributed by atoms with van der Waals surface area (Å²) in [5.74, 6) is 1.08. The number of amides is 1. The second-order valence-corrected chi connectivity index (χ2v) is 7.78. The Hall–Kier alpha value is -1.82. The van der Waals surface area contributed by atoms with E-state index in [4.69, 9.17) is 27.6 Å². The van der Waals surface area contributed by atoms with Crippen molar-refractivity contribution in [3.05, 3.63) is 74.6 Å². The van der Waals surface area contributed by atoms with Crippen molar-refractivity contribution in [2.45, 2.75) is 19.4 Å². The second kappa shape index (κ2) is 8.91. The summed E-state index contributed by atoms with van der Waals surface area (Å²) >= 11 is 15.6. The summed E-state index contributed by atoms with van der Waals surface area (Å²) in [6.45, 7) is 0.539. The summed E-state index contributed by atoms with van der Waals surface area (Å²) in [6, 6.07) is 13.0. The van der Waals surface area contributed by atoms with Crippen LogP contribution < -0.4 is 0 Å². The topological polar surface area (TPSA) is 46.3 Å². The maximum Gasteiger partial charge on any atom is 0.223 e. The van der Waals surface area contributed by atoms with Crippen LogP contribution in [0.25, 0.3) is 11.3 Å². The van der Waals surface area contributed by atoms with E-state index >= 15 is 0 Å². The molecule has 0 saturated carbocycles. The van der Waals surface area contributed by atoms with Crippen LogP contribution in [0, 0.1) is 0 Å². The molecular formula is C20H17BrCl2N2O2. The van der Waals surface area contributed by atoms with Crippen LogP contribution >= 0.6 is 39.1 Å². The number of nitrogens with zero attached hydrogens (tertiary/aromatic N) is 2. The molecule has 0 radical (unpaired) electrons. The van der Waals surface area contributed by atoms with Crippen LogP contribution in [0.4, 0.5) is 0 Å². The highest BCUT2D eigenvalue weighted by Crippen LogP contribution is 2.30. The Morgan fingerprint density at radius 2 is 2.00 bits per heavy atom. The molecule has 0 unspecified atom stereocenters.